The number of carbonyl (C=O) groups is 1. The summed E-state index contributed by atoms with van der Waals surface area (Å²) < 4.78 is 5.32. The smallest absolute Gasteiger partial charge is 0.408 e. The molecular formula is C13H19N3O2. The second-order valence-electron chi connectivity index (χ2n) is 4.69. The summed E-state index contributed by atoms with van der Waals surface area (Å²) in [7, 11) is 3.33. The Kier molecular flexibility index (Phi) is 4.15. The van der Waals surface area contributed by atoms with E-state index in [4.69, 9.17) is 4.74 Å². The van der Waals surface area contributed by atoms with Crippen LogP contribution in [0.2, 0.25) is 0 Å². The van der Waals surface area contributed by atoms with E-state index in [1.54, 1.807) is 32.4 Å². The number of amides is 1. The predicted molar refractivity (Wildman–Crippen MR) is 68.5 cm³/mol. The van der Waals surface area contributed by atoms with Crippen molar-refractivity contribution in [3.05, 3.63) is 24.0 Å². The van der Waals surface area contributed by atoms with Crippen LogP contribution in [0.25, 0.3) is 0 Å². The topological polar surface area (TPSA) is 45.7 Å². The standard InChI is InChI=1S/C13H19N3O2/c1-15(2)13(17)18-12-6-5-7-14-11(12)10-16-8-3-4-9-16/h5-7H,3-4,8-10H2,1-2H3. The van der Waals surface area contributed by atoms with Gasteiger partial charge in [0.1, 0.15) is 0 Å². The summed E-state index contributed by atoms with van der Waals surface area (Å²) in [5, 5.41) is 0. The average molecular weight is 249 g/mol. The van der Waals surface area contributed by atoms with Gasteiger partial charge in [-0.25, -0.2) is 4.79 Å². The summed E-state index contributed by atoms with van der Waals surface area (Å²) in [6.45, 7) is 2.94. The van der Waals surface area contributed by atoms with E-state index in [1.165, 1.54) is 17.7 Å². The molecule has 1 saturated heterocycles. The highest BCUT2D eigenvalue weighted by atomic mass is 16.6. The normalized spacial score (nSPS) is 15.7. The molecule has 0 atom stereocenters. The maximum absolute atomic E-state index is 11.6. The van der Waals surface area contributed by atoms with Gasteiger partial charge in [0.25, 0.3) is 0 Å². The van der Waals surface area contributed by atoms with Crippen molar-refractivity contribution in [1.29, 1.82) is 0 Å². The Hall–Kier alpha value is -1.62. The molecule has 0 bridgehead atoms. The van der Waals surface area contributed by atoms with E-state index in [2.05, 4.69) is 9.88 Å². The molecule has 1 aromatic rings. The van der Waals surface area contributed by atoms with Crippen LogP contribution in [0.4, 0.5) is 4.79 Å². The van der Waals surface area contributed by atoms with Crippen LogP contribution >= 0.6 is 0 Å². The molecule has 0 aliphatic carbocycles. The fourth-order valence-corrected chi connectivity index (χ4v) is 1.97. The largest absolute Gasteiger partial charge is 0.414 e. The van der Waals surface area contributed by atoms with Crippen LogP contribution in [-0.4, -0.2) is 48.1 Å². The molecule has 0 saturated carbocycles. The lowest BCUT2D eigenvalue weighted by molar-refractivity contribution is 0.170. The van der Waals surface area contributed by atoms with E-state index in [9.17, 15) is 4.79 Å². The van der Waals surface area contributed by atoms with E-state index >= 15 is 0 Å². The Morgan fingerprint density at radius 2 is 2.17 bits per heavy atom. The lowest BCUT2D eigenvalue weighted by Gasteiger charge is -2.17. The molecule has 18 heavy (non-hydrogen) atoms. The minimum absolute atomic E-state index is 0.370. The lowest BCUT2D eigenvalue weighted by atomic mass is 10.3. The van der Waals surface area contributed by atoms with Crippen molar-refractivity contribution in [2.45, 2.75) is 19.4 Å². The molecule has 5 nitrogen and oxygen atoms in total. The van der Waals surface area contributed by atoms with Gasteiger partial charge < -0.3 is 9.64 Å². The van der Waals surface area contributed by atoms with Crippen molar-refractivity contribution in [2.75, 3.05) is 27.2 Å². The number of nitrogens with zero attached hydrogens (tertiary/aromatic N) is 3. The fraction of sp³-hybridized carbons (Fsp3) is 0.538. The zero-order valence-corrected chi connectivity index (χ0v) is 10.9. The molecular weight excluding hydrogens is 230 g/mol. The molecule has 1 aliphatic heterocycles. The molecule has 1 aliphatic rings. The van der Waals surface area contributed by atoms with Gasteiger partial charge in [0.15, 0.2) is 5.75 Å². The quantitative estimate of drug-likeness (QED) is 0.818. The zero-order chi connectivity index (χ0) is 13.0. The zero-order valence-electron chi connectivity index (χ0n) is 10.9. The summed E-state index contributed by atoms with van der Waals surface area (Å²) in [6.07, 6.45) is 3.84. The van der Waals surface area contributed by atoms with Crippen LogP contribution in [-0.2, 0) is 6.54 Å². The number of hydrogen-bond donors (Lipinski definition) is 0. The first-order valence-electron chi connectivity index (χ1n) is 6.22. The minimum atomic E-state index is -0.370. The Bertz CT molecular complexity index is 414. The highest BCUT2D eigenvalue weighted by Crippen LogP contribution is 2.20. The molecule has 0 spiro atoms. The number of carbonyl (C=O) groups excluding carboxylic acids is 1. The van der Waals surface area contributed by atoms with Gasteiger partial charge >= 0.3 is 6.09 Å². The molecule has 98 valence electrons. The SMILES string of the molecule is CN(C)C(=O)Oc1cccnc1CN1CCCC1. The Morgan fingerprint density at radius 1 is 1.44 bits per heavy atom. The van der Waals surface area contributed by atoms with Gasteiger partial charge in [0.05, 0.1) is 5.69 Å². The molecule has 2 rings (SSSR count). The second kappa shape index (κ2) is 5.82. The Morgan fingerprint density at radius 3 is 2.83 bits per heavy atom. The maximum Gasteiger partial charge on any atom is 0.414 e. The third-order valence-corrected chi connectivity index (χ3v) is 2.98. The molecule has 1 amide bonds. The lowest BCUT2D eigenvalue weighted by Crippen LogP contribution is -2.26. The number of rotatable bonds is 3. The summed E-state index contributed by atoms with van der Waals surface area (Å²) in [5.74, 6) is 0.558. The van der Waals surface area contributed by atoms with Crippen molar-refractivity contribution < 1.29 is 9.53 Å². The fourth-order valence-electron chi connectivity index (χ4n) is 1.97. The van der Waals surface area contributed by atoms with Gasteiger partial charge in [-0.3, -0.25) is 9.88 Å². The summed E-state index contributed by atoms with van der Waals surface area (Å²) >= 11 is 0. The Labute approximate surface area is 107 Å². The highest BCUT2D eigenvalue weighted by Gasteiger charge is 2.17. The Balaban J connectivity index is 2.07. The van der Waals surface area contributed by atoms with Crippen molar-refractivity contribution in [2.24, 2.45) is 0 Å². The third-order valence-electron chi connectivity index (χ3n) is 2.98. The van der Waals surface area contributed by atoms with Crippen LogP contribution in [0.1, 0.15) is 18.5 Å². The number of aromatic nitrogens is 1. The van der Waals surface area contributed by atoms with Crippen molar-refractivity contribution in [3.8, 4) is 5.75 Å². The van der Waals surface area contributed by atoms with E-state index in [0.29, 0.717) is 5.75 Å². The van der Waals surface area contributed by atoms with Gasteiger partial charge in [-0.05, 0) is 38.1 Å². The average Bonchev–Trinajstić information content (AvgIpc) is 2.84. The van der Waals surface area contributed by atoms with Crippen molar-refractivity contribution >= 4 is 6.09 Å². The molecule has 1 aromatic heterocycles. The highest BCUT2D eigenvalue weighted by molar-refractivity contribution is 5.70. The molecule has 2 heterocycles. The number of likely N-dealkylation sites (tertiary alicyclic amines) is 1. The summed E-state index contributed by atoms with van der Waals surface area (Å²) in [6, 6.07) is 3.57. The van der Waals surface area contributed by atoms with Gasteiger partial charge in [-0.15, -0.1) is 0 Å². The van der Waals surface area contributed by atoms with Crippen molar-refractivity contribution in [3.63, 3.8) is 0 Å². The van der Waals surface area contributed by atoms with Crippen LogP contribution in [0, 0.1) is 0 Å². The van der Waals surface area contributed by atoms with Crippen LogP contribution in [0.3, 0.4) is 0 Å². The molecule has 0 unspecified atom stereocenters. The first-order chi connectivity index (χ1) is 8.66. The number of hydrogen-bond acceptors (Lipinski definition) is 4. The number of pyridine rings is 1. The van der Waals surface area contributed by atoms with Crippen LogP contribution < -0.4 is 4.74 Å². The number of ether oxygens (including phenoxy) is 1. The van der Waals surface area contributed by atoms with Crippen LogP contribution in [0.15, 0.2) is 18.3 Å². The van der Waals surface area contributed by atoms with E-state index in [-0.39, 0.29) is 6.09 Å². The van der Waals surface area contributed by atoms with E-state index in [0.717, 1.165) is 25.3 Å². The van der Waals surface area contributed by atoms with Crippen molar-refractivity contribution in [1.82, 2.24) is 14.8 Å². The summed E-state index contributed by atoms with van der Waals surface area (Å²) in [5.41, 5.74) is 0.828. The van der Waals surface area contributed by atoms with Gasteiger partial charge in [0.2, 0.25) is 0 Å². The maximum atomic E-state index is 11.6. The molecule has 0 radical (unpaired) electrons. The predicted octanol–water partition coefficient (Wildman–Crippen LogP) is 1.74. The second-order valence-corrected chi connectivity index (χ2v) is 4.69. The third kappa shape index (κ3) is 3.20. The van der Waals surface area contributed by atoms with Gasteiger partial charge in [-0.2, -0.15) is 0 Å². The molecule has 1 fully saturated rings. The van der Waals surface area contributed by atoms with Gasteiger partial charge in [-0.1, -0.05) is 0 Å². The summed E-state index contributed by atoms with van der Waals surface area (Å²) in [4.78, 5) is 19.6. The molecule has 0 aromatic carbocycles. The van der Waals surface area contributed by atoms with Crippen LogP contribution in [0.5, 0.6) is 5.75 Å². The molecule has 0 N–H and O–H groups in total. The minimum Gasteiger partial charge on any atom is -0.408 e. The first-order valence-corrected chi connectivity index (χ1v) is 6.22. The first kappa shape index (κ1) is 12.8. The molecule has 5 heteroatoms. The van der Waals surface area contributed by atoms with E-state index < -0.39 is 0 Å². The van der Waals surface area contributed by atoms with E-state index in [1.807, 2.05) is 0 Å². The monoisotopic (exact) mass is 249 g/mol. The van der Waals surface area contributed by atoms with Gasteiger partial charge in [0, 0.05) is 26.8 Å².